The lowest BCUT2D eigenvalue weighted by Gasteiger charge is -2.27. The van der Waals surface area contributed by atoms with Gasteiger partial charge < -0.3 is 10.4 Å². The molecule has 0 heterocycles. The fourth-order valence-corrected chi connectivity index (χ4v) is 2.88. The Balaban J connectivity index is 1.86. The van der Waals surface area contributed by atoms with Gasteiger partial charge >= 0.3 is 0 Å². The lowest BCUT2D eigenvalue weighted by Crippen LogP contribution is -2.30. The SMILES string of the molecule is CCC(NCC1CCC(O)CC1)c1cccc(F)c1. The van der Waals surface area contributed by atoms with Crippen LogP contribution in [-0.4, -0.2) is 17.8 Å². The molecular formula is C16H24FNO. The highest BCUT2D eigenvalue weighted by Crippen LogP contribution is 2.25. The smallest absolute Gasteiger partial charge is 0.123 e. The third-order valence-corrected chi connectivity index (χ3v) is 4.13. The van der Waals surface area contributed by atoms with Crippen LogP contribution in [0.2, 0.25) is 0 Å². The van der Waals surface area contributed by atoms with Gasteiger partial charge in [0.25, 0.3) is 0 Å². The van der Waals surface area contributed by atoms with Gasteiger partial charge in [-0.1, -0.05) is 19.1 Å². The van der Waals surface area contributed by atoms with Crippen LogP contribution in [0.1, 0.15) is 50.6 Å². The minimum absolute atomic E-state index is 0.0959. The summed E-state index contributed by atoms with van der Waals surface area (Å²) in [6.45, 7) is 3.08. The van der Waals surface area contributed by atoms with Crippen molar-refractivity contribution in [1.82, 2.24) is 5.32 Å². The summed E-state index contributed by atoms with van der Waals surface area (Å²) in [6.07, 6.45) is 4.88. The third kappa shape index (κ3) is 4.29. The van der Waals surface area contributed by atoms with Crippen molar-refractivity contribution in [3.05, 3.63) is 35.6 Å². The summed E-state index contributed by atoms with van der Waals surface area (Å²) in [7, 11) is 0. The first-order valence-corrected chi connectivity index (χ1v) is 7.36. The molecule has 1 atom stereocenters. The topological polar surface area (TPSA) is 32.3 Å². The molecule has 1 unspecified atom stereocenters. The largest absolute Gasteiger partial charge is 0.393 e. The first-order valence-electron chi connectivity index (χ1n) is 7.36. The van der Waals surface area contributed by atoms with Crippen molar-refractivity contribution in [1.29, 1.82) is 0 Å². The second kappa shape index (κ2) is 7.01. The molecule has 0 aromatic heterocycles. The van der Waals surface area contributed by atoms with E-state index in [0.717, 1.165) is 44.2 Å². The molecule has 1 saturated carbocycles. The second-order valence-corrected chi connectivity index (χ2v) is 5.60. The minimum atomic E-state index is -0.168. The van der Waals surface area contributed by atoms with Gasteiger partial charge in [-0.3, -0.25) is 0 Å². The average Bonchev–Trinajstić information content (AvgIpc) is 2.42. The van der Waals surface area contributed by atoms with Crippen molar-refractivity contribution in [3.8, 4) is 0 Å². The Morgan fingerprint density at radius 1 is 1.32 bits per heavy atom. The molecule has 2 rings (SSSR count). The molecule has 1 aromatic carbocycles. The molecule has 1 aliphatic carbocycles. The van der Waals surface area contributed by atoms with Crippen molar-refractivity contribution in [2.75, 3.05) is 6.54 Å². The normalized spacial score (nSPS) is 25.2. The van der Waals surface area contributed by atoms with E-state index >= 15 is 0 Å². The van der Waals surface area contributed by atoms with Crippen LogP contribution < -0.4 is 5.32 Å². The number of benzene rings is 1. The van der Waals surface area contributed by atoms with E-state index in [0.29, 0.717) is 5.92 Å². The molecule has 0 amide bonds. The van der Waals surface area contributed by atoms with E-state index in [1.54, 1.807) is 12.1 Å². The Morgan fingerprint density at radius 2 is 2.05 bits per heavy atom. The fraction of sp³-hybridized carbons (Fsp3) is 0.625. The monoisotopic (exact) mass is 265 g/mol. The van der Waals surface area contributed by atoms with Gasteiger partial charge in [-0.05, 0) is 62.3 Å². The van der Waals surface area contributed by atoms with Crippen molar-refractivity contribution < 1.29 is 9.50 Å². The van der Waals surface area contributed by atoms with E-state index in [9.17, 15) is 9.50 Å². The molecule has 0 spiro atoms. The number of hydrogen-bond donors (Lipinski definition) is 2. The van der Waals surface area contributed by atoms with Crippen molar-refractivity contribution in [2.24, 2.45) is 5.92 Å². The predicted octanol–water partition coefficient (Wildman–Crippen LogP) is 3.42. The number of rotatable bonds is 5. The Bertz CT molecular complexity index is 388. The summed E-state index contributed by atoms with van der Waals surface area (Å²) in [5.74, 6) is 0.476. The quantitative estimate of drug-likeness (QED) is 0.855. The maximum absolute atomic E-state index is 13.2. The number of halogens is 1. The summed E-state index contributed by atoms with van der Waals surface area (Å²) in [4.78, 5) is 0. The van der Waals surface area contributed by atoms with Gasteiger partial charge in [0, 0.05) is 6.04 Å². The minimum Gasteiger partial charge on any atom is -0.393 e. The summed E-state index contributed by atoms with van der Waals surface area (Å²) in [5.41, 5.74) is 1.03. The standard InChI is InChI=1S/C16H24FNO/c1-2-16(13-4-3-5-14(17)10-13)18-11-12-6-8-15(19)9-7-12/h3-5,10,12,15-16,18-19H,2,6-9,11H2,1H3. The van der Waals surface area contributed by atoms with E-state index in [1.807, 2.05) is 6.07 Å². The molecule has 0 bridgehead atoms. The summed E-state index contributed by atoms with van der Waals surface area (Å²) < 4.78 is 13.2. The van der Waals surface area contributed by atoms with E-state index < -0.39 is 0 Å². The van der Waals surface area contributed by atoms with Gasteiger partial charge in [0.15, 0.2) is 0 Å². The lowest BCUT2D eigenvalue weighted by atomic mass is 9.87. The van der Waals surface area contributed by atoms with Gasteiger partial charge in [-0.2, -0.15) is 0 Å². The highest BCUT2D eigenvalue weighted by Gasteiger charge is 2.20. The molecule has 106 valence electrons. The van der Waals surface area contributed by atoms with Gasteiger partial charge in [-0.25, -0.2) is 4.39 Å². The average molecular weight is 265 g/mol. The Kier molecular flexibility index (Phi) is 5.34. The highest BCUT2D eigenvalue weighted by molar-refractivity contribution is 5.20. The van der Waals surface area contributed by atoms with Crippen LogP contribution >= 0.6 is 0 Å². The van der Waals surface area contributed by atoms with Crippen LogP contribution in [0.25, 0.3) is 0 Å². The summed E-state index contributed by atoms with van der Waals surface area (Å²) in [6, 6.07) is 7.08. The molecule has 1 aromatic rings. The molecule has 2 nitrogen and oxygen atoms in total. The number of hydrogen-bond acceptors (Lipinski definition) is 2. The van der Waals surface area contributed by atoms with Crippen LogP contribution in [0.15, 0.2) is 24.3 Å². The van der Waals surface area contributed by atoms with Crippen molar-refractivity contribution >= 4 is 0 Å². The molecule has 19 heavy (non-hydrogen) atoms. The predicted molar refractivity (Wildman–Crippen MR) is 75.4 cm³/mol. The molecular weight excluding hydrogens is 241 g/mol. The Labute approximate surface area is 115 Å². The van der Waals surface area contributed by atoms with Gasteiger partial charge in [0.05, 0.1) is 6.10 Å². The van der Waals surface area contributed by atoms with Crippen LogP contribution in [-0.2, 0) is 0 Å². The molecule has 0 radical (unpaired) electrons. The molecule has 1 aliphatic rings. The maximum atomic E-state index is 13.2. The zero-order valence-corrected chi connectivity index (χ0v) is 11.6. The summed E-state index contributed by atoms with van der Waals surface area (Å²) in [5, 5.41) is 13.0. The number of aliphatic hydroxyl groups excluding tert-OH is 1. The van der Waals surface area contributed by atoms with Crippen molar-refractivity contribution in [2.45, 2.75) is 51.2 Å². The van der Waals surface area contributed by atoms with Crippen LogP contribution in [0.5, 0.6) is 0 Å². The van der Waals surface area contributed by atoms with Crippen LogP contribution in [0.4, 0.5) is 4.39 Å². The zero-order chi connectivity index (χ0) is 13.7. The maximum Gasteiger partial charge on any atom is 0.123 e. The van der Waals surface area contributed by atoms with E-state index in [4.69, 9.17) is 0 Å². The van der Waals surface area contributed by atoms with Crippen LogP contribution in [0, 0.1) is 11.7 Å². The lowest BCUT2D eigenvalue weighted by molar-refractivity contribution is 0.107. The fourth-order valence-electron chi connectivity index (χ4n) is 2.88. The number of aliphatic hydroxyl groups is 1. The molecule has 1 fully saturated rings. The first-order chi connectivity index (χ1) is 9.19. The first kappa shape index (κ1) is 14.5. The van der Waals surface area contributed by atoms with Gasteiger partial charge in [0.1, 0.15) is 5.82 Å². The highest BCUT2D eigenvalue weighted by atomic mass is 19.1. The molecule has 0 saturated heterocycles. The molecule has 2 N–H and O–H groups in total. The van der Waals surface area contributed by atoms with Crippen LogP contribution in [0.3, 0.4) is 0 Å². The van der Waals surface area contributed by atoms with E-state index in [1.165, 1.54) is 6.07 Å². The summed E-state index contributed by atoms with van der Waals surface area (Å²) >= 11 is 0. The van der Waals surface area contributed by atoms with Gasteiger partial charge in [-0.15, -0.1) is 0 Å². The second-order valence-electron chi connectivity index (χ2n) is 5.60. The van der Waals surface area contributed by atoms with Gasteiger partial charge in [0.2, 0.25) is 0 Å². The Hall–Kier alpha value is -0.930. The van der Waals surface area contributed by atoms with E-state index in [-0.39, 0.29) is 18.0 Å². The molecule has 0 aliphatic heterocycles. The van der Waals surface area contributed by atoms with Crippen molar-refractivity contribution in [3.63, 3.8) is 0 Å². The Morgan fingerprint density at radius 3 is 2.68 bits per heavy atom. The van der Waals surface area contributed by atoms with E-state index in [2.05, 4.69) is 12.2 Å². The third-order valence-electron chi connectivity index (χ3n) is 4.13. The number of nitrogens with one attached hydrogen (secondary N) is 1. The molecule has 3 heteroatoms. The zero-order valence-electron chi connectivity index (χ0n) is 11.6.